The van der Waals surface area contributed by atoms with E-state index in [0.717, 1.165) is 12.8 Å². The molecule has 0 heterocycles. The summed E-state index contributed by atoms with van der Waals surface area (Å²) in [5, 5.41) is 24.9. The molecule has 3 heteroatoms. The summed E-state index contributed by atoms with van der Waals surface area (Å²) in [5.74, 6) is 0. The first-order valence-corrected chi connectivity index (χ1v) is 17.1. The van der Waals surface area contributed by atoms with Crippen molar-refractivity contribution in [3.8, 4) is 0 Å². The zero-order valence-corrected chi connectivity index (χ0v) is 26.3. The molecular formula is C34H74O3. The Hall–Kier alpha value is -0.120. The lowest BCUT2D eigenvalue weighted by atomic mass is 10.0. The maximum absolute atomic E-state index is 8.64. The van der Waals surface area contributed by atoms with Crippen LogP contribution in [0.2, 0.25) is 0 Å². The number of hydrogen-bond donors (Lipinski definition) is 3. The van der Waals surface area contributed by atoms with Gasteiger partial charge in [-0.3, -0.25) is 0 Å². The van der Waals surface area contributed by atoms with E-state index < -0.39 is 0 Å². The molecule has 0 bridgehead atoms. The van der Waals surface area contributed by atoms with Gasteiger partial charge in [0.05, 0.1) is 0 Å². The summed E-state index contributed by atoms with van der Waals surface area (Å²) in [6.45, 7) is 7.23. The van der Waals surface area contributed by atoms with Gasteiger partial charge in [-0.25, -0.2) is 0 Å². The summed E-state index contributed by atoms with van der Waals surface area (Å²) in [7, 11) is 0. The van der Waals surface area contributed by atoms with Crippen molar-refractivity contribution in [1.29, 1.82) is 0 Å². The zero-order chi connectivity index (χ0) is 27.9. The summed E-state index contributed by atoms with van der Waals surface area (Å²) in [6.07, 6.45) is 38.4. The monoisotopic (exact) mass is 531 g/mol. The van der Waals surface area contributed by atoms with Crippen LogP contribution in [0.1, 0.15) is 201 Å². The molecule has 0 rings (SSSR count). The molecule has 0 aliphatic rings. The van der Waals surface area contributed by atoms with Crippen LogP contribution in [0.4, 0.5) is 0 Å². The Morgan fingerprint density at radius 1 is 0.243 bits per heavy atom. The van der Waals surface area contributed by atoms with Gasteiger partial charge in [0.15, 0.2) is 0 Å². The fourth-order valence-electron chi connectivity index (χ4n) is 4.61. The molecule has 0 amide bonds. The lowest BCUT2D eigenvalue weighted by molar-refractivity contribution is 0.282. The third-order valence-electron chi connectivity index (χ3n) is 7.02. The maximum Gasteiger partial charge on any atom is 0.0431 e. The summed E-state index contributed by atoms with van der Waals surface area (Å²) in [6, 6.07) is 0. The van der Waals surface area contributed by atoms with Gasteiger partial charge in [0.1, 0.15) is 0 Å². The lowest BCUT2D eigenvalue weighted by Crippen LogP contribution is -1.84. The van der Waals surface area contributed by atoms with Gasteiger partial charge in [-0.05, 0) is 19.8 Å². The second-order valence-electron chi connectivity index (χ2n) is 11.0. The number of unbranched alkanes of at least 4 members (excludes halogenated alkanes) is 26. The van der Waals surface area contributed by atoms with Crippen molar-refractivity contribution in [2.75, 3.05) is 19.8 Å². The predicted molar refractivity (Wildman–Crippen MR) is 168 cm³/mol. The van der Waals surface area contributed by atoms with E-state index in [1.807, 2.05) is 0 Å². The second kappa shape index (κ2) is 45.8. The van der Waals surface area contributed by atoms with Crippen LogP contribution in [0, 0.1) is 0 Å². The molecule has 0 aliphatic heterocycles. The molecule has 0 aliphatic carbocycles. The van der Waals surface area contributed by atoms with Gasteiger partial charge in [-0.1, -0.05) is 181 Å². The van der Waals surface area contributed by atoms with Crippen LogP contribution in [0.5, 0.6) is 0 Å². The molecule has 0 aromatic heterocycles. The Balaban J connectivity index is -0.000000564. The molecule has 0 saturated heterocycles. The van der Waals surface area contributed by atoms with Crippen LogP contribution in [0.25, 0.3) is 0 Å². The quantitative estimate of drug-likeness (QED) is 0.0881. The Morgan fingerprint density at radius 3 is 0.514 bits per heavy atom. The standard InChI is InChI=1S/2C16H34O.C2H6O/c2*1-2-3-4-5-6-7-8-9-10-11-12-13-14-15-16-17;1-2-3/h2*17H,2-16H2,1H3;3H,2H2,1H3. The van der Waals surface area contributed by atoms with E-state index in [4.69, 9.17) is 15.3 Å². The summed E-state index contributed by atoms with van der Waals surface area (Å²) in [4.78, 5) is 0. The first kappa shape index (κ1) is 41.4. The van der Waals surface area contributed by atoms with E-state index in [1.165, 1.54) is 167 Å². The Bertz CT molecular complexity index is 264. The number of aliphatic hydroxyl groups excluding tert-OH is 3. The molecule has 0 spiro atoms. The third kappa shape index (κ3) is 53.0. The highest BCUT2D eigenvalue weighted by Crippen LogP contribution is 2.14. The van der Waals surface area contributed by atoms with E-state index in [1.54, 1.807) is 6.92 Å². The molecule has 228 valence electrons. The van der Waals surface area contributed by atoms with E-state index in [2.05, 4.69) is 13.8 Å². The number of hydrogen-bond acceptors (Lipinski definition) is 3. The molecule has 0 aromatic rings. The molecule has 0 fully saturated rings. The van der Waals surface area contributed by atoms with Crippen molar-refractivity contribution in [2.24, 2.45) is 0 Å². The summed E-state index contributed by atoms with van der Waals surface area (Å²) >= 11 is 0. The highest BCUT2D eigenvalue weighted by Gasteiger charge is 1.94. The minimum absolute atomic E-state index is 0.250. The normalized spacial score (nSPS) is 10.5. The Morgan fingerprint density at radius 2 is 0.378 bits per heavy atom. The van der Waals surface area contributed by atoms with Gasteiger partial charge >= 0.3 is 0 Å². The third-order valence-corrected chi connectivity index (χ3v) is 7.02. The minimum atomic E-state index is 0.250. The fourth-order valence-corrected chi connectivity index (χ4v) is 4.61. The minimum Gasteiger partial charge on any atom is -0.397 e. The van der Waals surface area contributed by atoms with Crippen molar-refractivity contribution in [1.82, 2.24) is 0 Å². The average Bonchev–Trinajstić information content (AvgIpc) is 2.90. The molecule has 37 heavy (non-hydrogen) atoms. The van der Waals surface area contributed by atoms with E-state index in [9.17, 15) is 0 Å². The van der Waals surface area contributed by atoms with Crippen LogP contribution in [0.15, 0.2) is 0 Å². The van der Waals surface area contributed by atoms with E-state index in [0.29, 0.717) is 13.2 Å². The summed E-state index contributed by atoms with van der Waals surface area (Å²) in [5.41, 5.74) is 0. The van der Waals surface area contributed by atoms with Gasteiger partial charge in [0.25, 0.3) is 0 Å². The first-order valence-electron chi connectivity index (χ1n) is 17.1. The molecule has 3 N–H and O–H groups in total. The molecule has 0 unspecified atom stereocenters. The lowest BCUT2D eigenvalue weighted by Gasteiger charge is -2.02. The van der Waals surface area contributed by atoms with Gasteiger partial charge < -0.3 is 15.3 Å². The largest absolute Gasteiger partial charge is 0.397 e. The van der Waals surface area contributed by atoms with Gasteiger partial charge in [-0.15, -0.1) is 0 Å². The average molecular weight is 531 g/mol. The topological polar surface area (TPSA) is 60.7 Å². The number of rotatable bonds is 28. The van der Waals surface area contributed by atoms with E-state index >= 15 is 0 Å². The Labute approximate surface area is 235 Å². The van der Waals surface area contributed by atoms with Gasteiger partial charge in [0.2, 0.25) is 0 Å². The van der Waals surface area contributed by atoms with Crippen LogP contribution >= 0.6 is 0 Å². The molecule has 0 atom stereocenters. The van der Waals surface area contributed by atoms with Gasteiger partial charge in [-0.2, -0.15) is 0 Å². The maximum atomic E-state index is 8.64. The van der Waals surface area contributed by atoms with Crippen LogP contribution in [-0.2, 0) is 0 Å². The van der Waals surface area contributed by atoms with Crippen molar-refractivity contribution in [3.63, 3.8) is 0 Å². The predicted octanol–water partition coefficient (Wildman–Crippen LogP) is 10.9. The smallest absolute Gasteiger partial charge is 0.0431 e. The number of aliphatic hydroxyl groups is 3. The molecule has 0 aromatic carbocycles. The molecule has 0 saturated carbocycles. The highest BCUT2D eigenvalue weighted by atomic mass is 16.3. The van der Waals surface area contributed by atoms with Crippen LogP contribution in [0.3, 0.4) is 0 Å². The first-order chi connectivity index (χ1) is 18.2. The van der Waals surface area contributed by atoms with Crippen molar-refractivity contribution in [3.05, 3.63) is 0 Å². The van der Waals surface area contributed by atoms with Gasteiger partial charge in [0, 0.05) is 19.8 Å². The van der Waals surface area contributed by atoms with Crippen LogP contribution in [-0.4, -0.2) is 35.1 Å². The highest BCUT2D eigenvalue weighted by molar-refractivity contribution is 4.50. The SMILES string of the molecule is CCCCCCCCCCCCCCCCO.CCCCCCCCCCCCCCCCO.CCO. The second-order valence-corrected chi connectivity index (χ2v) is 11.0. The molecular weight excluding hydrogens is 456 g/mol. The fraction of sp³-hybridized carbons (Fsp3) is 1.00. The van der Waals surface area contributed by atoms with Crippen molar-refractivity contribution >= 4 is 0 Å². The molecule has 3 nitrogen and oxygen atoms in total. The van der Waals surface area contributed by atoms with Crippen molar-refractivity contribution < 1.29 is 15.3 Å². The zero-order valence-electron chi connectivity index (χ0n) is 26.3. The summed E-state index contributed by atoms with van der Waals surface area (Å²) < 4.78 is 0. The van der Waals surface area contributed by atoms with E-state index in [-0.39, 0.29) is 6.61 Å². The van der Waals surface area contributed by atoms with Crippen molar-refractivity contribution in [2.45, 2.75) is 201 Å². The Kier molecular flexibility index (Phi) is 51.2. The molecule has 0 radical (unpaired) electrons. The van der Waals surface area contributed by atoms with Crippen LogP contribution < -0.4 is 0 Å².